The summed E-state index contributed by atoms with van der Waals surface area (Å²) in [6.45, 7) is 5.27. The van der Waals surface area contributed by atoms with E-state index in [1.54, 1.807) is 33.3 Å². The second kappa shape index (κ2) is 6.67. The smallest absolute Gasteiger partial charge is 0.417 e. The highest BCUT2D eigenvalue weighted by molar-refractivity contribution is 8.21. The van der Waals surface area contributed by atoms with Crippen LogP contribution in [0, 0.1) is 0 Å². The van der Waals surface area contributed by atoms with Gasteiger partial charge >= 0.3 is 6.09 Å². The zero-order valence-electron chi connectivity index (χ0n) is 12.3. The minimum Gasteiger partial charge on any atom is -0.443 e. The Bertz CT molecular complexity index is 459. The number of ketones is 1. The van der Waals surface area contributed by atoms with Crippen LogP contribution in [0.25, 0.3) is 0 Å². The van der Waals surface area contributed by atoms with Gasteiger partial charge in [0.25, 0.3) is 5.91 Å². The van der Waals surface area contributed by atoms with Gasteiger partial charge in [-0.15, -0.1) is 23.5 Å². The Labute approximate surface area is 127 Å². The maximum absolute atomic E-state index is 12.3. The second-order valence-electron chi connectivity index (χ2n) is 5.18. The number of carbonyl (C=O) groups is 3. The van der Waals surface area contributed by atoms with Crippen LogP contribution < -0.4 is 0 Å². The number of nitrogens with zero attached hydrogens (tertiary/aromatic N) is 1. The van der Waals surface area contributed by atoms with E-state index in [9.17, 15) is 14.4 Å². The SMILES string of the molecule is CSC(SC)=C1C(=O)CCN(C(=O)OC(C)(C)C)C1=O. The molecule has 0 radical (unpaired) electrons. The van der Waals surface area contributed by atoms with Gasteiger partial charge in [-0.3, -0.25) is 9.59 Å². The molecule has 0 aromatic carbocycles. The van der Waals surface area contributed by atoms with Gasteiger partial charge in [0.05, 0.1) is 4.24 Å². The van der Waals surface area contributed by atoms with E-state index in [1.807, 2.05) is 0 Å². The van der Waals surface area contributed by atoms with E-state index in [-0.39, 0.29) is 24.3 Å². The maximum Gasteiger partial charge on any atom is 0.417 e. The predicted octanol–water partition coefficient (Wildman–Crippen LogP) is 2.66. The molecule has 0 bridgehead atoms. The van der Waals surface area contributed by atoms with Crippen molar-refractivity contribution in [2.24, 2.45) is 0 Å². The summed E-state index contributed by atoms with van der Waals surface area (Å²) in [6, 6.07) is 0. The summed E-state index contributed by atoms with van der Waals surface area (Å²) in [5, 5.41) is 0. The van der Waals surface area contributed by atoms with Crippen molar-refractivity contribution >= 4 is 41.3 Å². The molecule has 0 spiro atoms. The number of ether oxygens (including phenoxy) is 1. The van der Waals surface area contributed by atoms with Crippen LogP contribution in [0.15, 0.2) is 9.81 Å². The van der Waals surface area contributed by atoms with E-state index in [0.29, 0.717) is 4.24 Å². The minimum absolute atomic E-state index is 0.0755. The van der Waals surface area contributed by atoms with Gasteiger partial charge in [0.15, 0.2) is 5.78 Å². The number of carbonyl (C=O) groups excluding carboxylic acids is 3. The normalized spacial score (nSPS) is 16.4. The monoisotopic (exact) mass is 317 g/mol. The molecule has 20 heavy (non-hydrogen) atoms. The van der Waals surface area contributed by atoms with Crippen molar-refractivity contribution in [3.05, 3.63) is 9.81 Å². The van der Waals surface area contributed by atoms with Gasteiger partial charge in [-0.2, -0.15) is 0 Å². The quantitative estimate of drug-likeness (QED) is 0.576. The van der Waals surface area contributed by atoms with Crippen molar-refractivity contribution in [2.45, 2.75) is 32.8 Å². The second-order valence-corrected chi connectivity index (χ2v) is 7.07. The lowest BCUT2D eigenvalue weighted by molar-refractivity contribution is -0.132. The highest BCUT2D eigenvalue weighted by atomic mass is 32.2. The highest BCUT2D eigenvalue weighted by Gasteiger charge is 2.37. The first kappa shape index (κ1) is 17.1. The number of Topliss-reactive ketones (excluding diaryl/α,β-unsaturated/α-hetero) is 1. The highest BCUT2D eigenvalue weighted by Crippen LogP contribution is 2.31. The Morgan fingerprint density at radius 1 is 1.20 bits per heavy atom. The summed E-state index contributed by atoms with van der Waals surface area (Å²) in [5.41, 5.74) is -0.577. The van der Waals surface area contributed by atoms with Crippen molar-refractivity contribution < 1.29 is 19.1 Å². The van der Waals surface area contributed by atoms with Crippen LogP contribution in [0.2, 0.25) is 0 Å². The maximum atomic E-state index is 12.3. The Hall–Kier alpha value is -0.950. The summed E-state index contributed by atoms with van der Waals surface area (Å²) in [6.07, 6.45) is 3.04. The number of hydrogen-bond acceptors (Lipinski definition) is 6. The average Bonchev–Trinajstić information content (AvgIpc) is 2.32. The molecule has 1 aliphatic rings. The third-order valence-corrected chi connectivity index (χ3v) is 4.64. The summed E-state index contributed by atoms with van der Waals surface area (Å²) in [7, 11) is 0. The first-order valence-corrected chi connectivity index (χ1v) is 8.56. The Morgan fingerprint density at radius 2 is 1.75 bits per heavy atom. The average molecular weight is 317 g/mol. The fourth-order valence-corrected chi connectivity index (χ4v) is 3.15. The molecule has 0 atom stereocenters. The summed E-state index contributed by atoms with van der Waals surface area (Å²) >= 11 is 2.67. The molecule has 1 saturated heterocycles. The van der Waals surface area contributed by atoms with Crippen LogP contribution in [0.3, 0.4) is 0 Å². The van der Waals surface area contributed by atoms with E-state index in [1.165, 1.54) is 23.5 Å². The molecule has 112 valence electrons. The molecule has 0 N–H and O–H groups in total. The summed E-state index contributed by atoms with van der Waals surface area (Å²) < 4.78 is 5.83. The number of thioether (sulfide) groups is 2. The van der Waals surface area contributed by atoms with Gasteiger partial charge in [-0.25, -0.2) is 9.69 Å². The molecule has 1 aliphatic heterocycles. The Morgan fingerprint density at radius 3 is 2.20 bits per heavy atom. The number of hydrogen-bond donors (Lipinski definition) is 0. The van der Waals surface area contributed by atoms with Crippen molar-refractivity contribution in [3.8, 4) is 0 Å². The van der Waals surface area contributed by atoms with Gasteiger partial charge < -0.3 is 4.74 Å². The lowest BCUT2D eigenvalue weighted by Gasteiger charge is -2.29. The third kappa shape index (κ3) is 4.02. The zero-order chi connectivity index (χ0) is 15.5. The van der Waals surface area contributed by atoms with E-state index in [0.717, 1.165) is 4.90 Å². The minimum atomic E-state index is -0.700. The molecule has 2 amide bonds. The molecule has 0 unspecified atom stereocenters. The summed E-state index contributed by atoms with van der Waals surface area (Å²) in [4.78, 5) is 37.3. The fourth-order valence-electron chi connectivity index (χ4n) is 1.67. The molecule has 1 heterocycles. The van der Waals surface area contributed by atoms with Crippen LogP contribution in [0.4, 0.5) is 4.79 Å². The Balaban J connectivity index is 3.04. The standard InChI is InChI=1S/C13H19NO4S2/c1-13(2,3)18-12(17)14-7-6-8(15)9(10(14)16)11(19-4)20-5/h6-7H2,1-5H3. The van der Waals surface area contributed by atoms with Crippen molar-refractivity contribution in [3.63, 3.8) is 0 Å². The molecule has 1 rings (SSSR count). The third-order valence-electron chi connectivity index (χ3n) is 2.49. The molecule has 7 heteroatoms. The number of piperidine rings is 1. The van der Waals surface area contributed by atoms with Gasteiger partial charge in [0.2, 0.25) is 0 Å². The van der Waals surface area contributed by atoms with Crippen LogP contribution in [-0.4, -0.2) is 47.3 Å². The fraction of sp³-hybridized carbons (Fsp3) is 0.615. The number of rotatable bonds is 2. The lowest BCUT2D eigenvalue weighted by Crippen LogP contribution is -2.47. The van der Waals surface area contributed by atoms with Gasteiger partial charge in [0.1, 0.15) is 11.2 Å². The number of likely N-dealkylation sites (tertiary alicyclic amines) is 1. The Kier molecular flexibility index (Phi) is 5.70. The summed E-state index contributed by atoms with van der Waals surface area (Å²) in [5.74, 6) is -0.775. The predicted molar refractivity (Wildman–Crippen MR) is 81.6 cm³/mol. The molecule has 0 saturated carbocycles. The first-order chi connectivity index (χ1) is 9.21. The van der Waals surface area contributed by atoms with E-state index < -0.39 is 17.6 Å². The van der Waals surface area contributed by atoms with Crippen molar-refractivity contribution in [2.75, 3.05) is 19.1 Å². The topological polar surface area (TPSA) is 63.7 Å². The molecule has 1 fully saturated rings. The van der Waals surface area contributed by atoms with Crippen LogP contribution in [0.5, 0.6) is 0 Å². The van der Waals surface area contributed by atoms with E-state index in [2.05, 4.69) is 0 Å². The van der Waals surface area contributed by atoms with Gasteiger partial charge in [-0.1, -0.05) is 0 Å². The van der Waals surface area contributed by atoms with Crippen LogP contribution in [-0.2, 0) is 14.3 Å². The van der Waals surface area contributed by atoms with Crippen LogP contribution >= 0.6 is 23.5 Å². The molecule has 0 aromatic rings. The lowest BCUT2D eigenvalue weighted by atomic mass is 10.0. The van der Waals surface area contributed by atoms with Crippen LogP contribution in [0.1, 0.15) is 27.2 Å². The zero-order valence-corrected chi connectivity index (χ0v) is 13.9. The first-order valence-electron chi connectivity index (χ1n) is 6.11. The largest absolute Gasteiger partial charge is 0.443 e. The van der Waals surface area contributed by atoms with Crippen molar-refractivity contribution in [1.82, 2.24) is 4.90 Å². The number of amides is 2. The molecule has 0 aromatic heterocycles. The molecular formula is C13H19NO4S2. The van der Waals surface area contributed by atoms with Crippen molar-refractivity contribution in [1.29, 1.82) is 0 Å². The van der Waals surface area contributed by atoms with Gasteiger partial charge in [0, 0.05) is 13.0 Å². The van der Waals surface area contributed by atoms with Gasteiger partial charge in [-0.05, 0) is 33.3 Å². The van der Waals surface area contributed by atoms with E-state index in [4.69, 9.17) is 4.74 Å². The molecule has 0 aliphatic carbocycles. The number of imide groups is 1. The molecular weight excluding hydrogens is 298 g/mol. The van der Waals surface area contributed by atoms with E-state index >= 15 is 0 Å². The molecule has 5 nitrogen and oxygen atoms in total.